The van der Waals surface area contributed by atoms with Crippen molar-refractivity contribution in [1.82, 2.24) is 0 Å². The van der Waals surface area contributed by atoms with Crippen LogP contribution in [0.2, 0.25) is 10.0 Å². The van der Waals surface area contributed by atoms with Gasteiger partial charge in [0.15, 0.2) is 0 Å². The molecular formula is C28H24Cl2N2. The van der Waals surface area contributed by atoms with Gasteiger partial charge in [-0.1, -0.05) is 83.9 Å². The molecule has 1 aliphatic rings. The first-order chi connectivity index (χ1) is 15.7. The third kappa shape index (κ3) is 4.34. The van der Waals surface area contributed by atoms with E-state index in [1.807, 2.05) is 24.3 Å². The highest BCUT2D eigenvalue weighted by Crippen LogP contribution is 2.40. The fourth-order valence-corrected chi connectivity index (χ4v) is 4.83. The zero-order valence-electron chi connectivity index (χ0n) is 17.6. The predicted molar refractivity (Wildman–Crippen MR) is 136 cm³/mol. The number of hydrogen-bond donors (Lipinski definition) is 0. The Bertz CT molecular complexity index is 1050. The maximum atomic E-state index is 6.21. The van der Waals surface area contributed by atoms with E-state index in [0.717, 1.165) is 23.1 Å². The van der Waals surface area contributed by atoms with Crippen molar-refractivity contribution in [2.45, 2.75) is 12.1 Å². The molecule has 160 valence electrons. The van der Waals surface area contributed by atoms with Crippen molar-refractivity contribution in [1.29, 1.82) is 0 Å². The predicted octanol–water partition coefficient (Wildman–Crippen LogP) is 7.80. The first-order valence-electron chi connectivity index (χ1n) is 10.8. The van der Waals surface area contributed by atoms with Crippen LogP contribution >= 0.6 is 23.2 Å². The van der Waals surface area contributed by atoms with Gasteiger partial charge in [0.25, 0.3) is 0 Å². The van der Waals surface area contributed by atoms with E-state index in [2.05, 4.69) is 94.7 Å². The molecule has 5 rings (SSSR count). The normalized spacial score (nSPS) is 18.6. The molecule has 0 spiro atoms. The lowest BCUT2D eigenvalue weighted by atomic mass is 9.94. The van der Waals surface area contributed by atoms with E-state index in [0.29, 0.717) is 0 Å². The van der Waals surface area contributed by atoms with E-state index >= 15 is 0 Å². The molecule has 4 heteroatoms. The summed E-state index contributed by atoms with van der Waals surface area (Å²) in [5.74, 6) is 0. The van der Waals surface area contributed by atoms with Crippen LogP contribution in [-0.2, 0) is 0 Å². The lowest BCUT2D eigenvalue weighted by Crippen LogP contribution is -2.50. The Hall–Kier alpha value is -2.94. The van der Waals surface area contributed by atoms with Gasteiger partial charge in [0.2, 0.25) is 0 Å². The van der Waals surface area contributed by atoms with Crippen molar-refractivity contribution >= 4 is 34.6 Å². The van der Waals surface area contributed by atoms with Crippen LogP contribution < -0.4 is 9.80 Å². The molecular weight excluding hydrogens is 435 g/mol. The summed E-state index contributed by atoms with van der Waals surface area (Å²) in [7, 11) is 0. The van der Waals surface area contributed by atoms with Crippen LogP contribution in [0.3, 0.4) is 0 Å². The molecule has 0 aromatic heterocycles. The molecule has 2 atom stereocenters. The highest BCUT2D eigenvalue weighted by Gasteiger charge is 2.35. The van der Waals surface area contributed by atoms with Gasteiger partial charge < -0.3 is 9.80 Å². The lowest BCUT2D eigenvalue weighted by molar-refractivity contribution is 0.462. The SMILES string of the molecule is Clc1ccc(N2CC(c3ccccc3)N(c3ccc(Cl)cc3)CC2c2ccccc2)cc1. The van der Waals surface area contributed by atoms with Crippen molar-refractivity contribution in [3.63, 3.8) is 0 Å². The second-order valence-electron chi connectivity index (χ2n) is 8.11. The van der Waals surface area contributed by atoms with Crippen LogP contribution in [0, 0.1) is 0 Å². The van der Waals surface area contributed by atoms with Crippen molar-refractivity contribution in [3.8, 4) is 0 Å². The van der Waals surface area contributed by atoms with Crippen molar-refractivity contribution in [2.75, 3.05) is 22.9 Å². The third-order valence-electron chi connectivity index (χ3n) is 6.18. The molecule has 4 aromatic rings. The minimum Gasteiger partial charge on any atom is -0.360 e. The smallest absolute Gasteiger partial charge is 0.0718 e. The van der Waals surface area contributed by atoms with E-state index in [-0.39, 0.29) is 12.1 Å². The van der Waals surface area contributed by atoms with E-state index in [1.165, 1.54) is 22.5 Å². The number of rotatable bonds is 4. The van der Waals surface area contributed by atoms with Crippen LogP contribution in [-0.4, -0.2) is 13.1 Å². The molecule has 0 radical (unpaired) electrons. The molecule has 0 saturated carbocycles. The van der Waals surface area contributed by atoms with Crippen molar-refractivity contribution in [3.05, 3.63) is 130 Å². The van der Waals surface area contributed by atoms with Gasteiger partial charge in [-0.15, -0.1) is 0 Å². The maximum Gasteiger partial charge on any atom is 0.0718 e. The molecule has 4 aromatic carbocycles. The number of hydrogen-bond acceptors (Lipinski definition) is 2. The average molecular weight is 459 g/mol. The maximum absolute atomic E-state index is 6.21. The molecule has 1 fully saturated rings. The monoisotopic (exact) mass is 458 g/mol. The molecule has 0 N–H and O–H groups in total. The van der Waals surface area contributed by atoms with Crippen LogP contribution in [0.5, 0.6) is 0 Å². The van der Waals surface area contributed by atoms with Gasteiger partial charge in [-0.25, -0.2) is 0 Å². The number of nitrogens with zero attached hydrogens (tertiary/aromatic N) is 2. The summed E-state index contributed by atoms with van der Waals surface area (Å²) in [6, 6.07) is 38.3. The zero-order chi connectivity index (χ0) is 21.9. The average Bonchev–Trinajstić information content (AvgIpc) is 2.85. The van der Waals surface area contributed by atoms with Crippen LogP contribution in [0.15, 0.2) is 109 Å². The molecule has 1 saturated heterocycles. The Morgan fingerprint density at radius 1 is 0.469 bits per heavy atom. The van der Waals surface area contributed by atoms with Crippen LogP contribution in [0.1, 0.15) is 23.2 Å². The summed E-state index contributed by atoms with van der Waals surface area (Å²) >= 11 is 12.4. The van der Waals surface area contributed by atoms with E-state index in [9.17, 15) is 0 Å². The van der Waals surface area contributed by atoms with Gasteiger partial charge in [-0.2, -0.15) is 0 Å². The van der Waals surface area contributed by atoms with Gasteiger partial charge in [0.05, 0.1) is 12.1 Å². The Balaban J connectivity index is 1.61. The number of piperazine rings is 1. The molecule has 2 nitrogen and oxygen atoms in total. The van der Waals surface area contributed by atoms with Crippen molar-refractivity contribution < 1.29 is 0 Å². The standard InChI is InChI=1S/C28H24Cl2N2/c29-23-11-15-25(16-12-23)31-20-28(22-9-5-2-6-10-22)32(26-17-13-24(30)14-18-26)19-27(31)21-7-3-1-4-8-21/h1-18,27-28H,19-20H2. The molecule has 2 unspecified atom stereocenters. The summed E-state index contributed by atoms with van der Waals surface area (Å²) < 4.78 is 0. The largest absolute Gasteiger partial charge is 0.360 e. The fourth-order valence-electron chi connectivity index (χ4n) is 4.58. The van der Waals surface area contributed by atoms with E-state index in [1.54, 1.807) is 0 Å². The Kier molecular flexibility index (Phi) is 6.07. The third-order valence-corrected chi connectivity index (χ3v) is 6.68. The fraction of sp³-hybridized carbons (Fsp3) is 0.143. The summed E-state index contributed by atoms with van der Waals surface area (Å²) in [5.41, 5.74) is 4.96. The topological polar surface area (TPSA) is 6.48 Å². The molecule has 32 heavy (non-hydrogen) atoms. The number of halogens is 2. The van der Waals surface area contributed by atoms with Gasteiger partial charge in [-0.3, -0.25) is 0 Å². The second-order valence-corrected chi connectivity index (χ2v) is 8.98. The van der Waals surface area contributed by atoms with Gasteiger partial charge in [0, 0.05) is 34.5 Å². The van der Waals surface area contributed by atoms with Crippen molar-refractivity contribution in [2.24, 2.45) is 0 Å². The highest BCUT2D eigenvalue weighted by atomic mass is 35.5. The molecule has 0 bridgehead atoms. The van der Waals surface area contributed by atoms with Crippen LogP contribution in [0.25, 0.3) is 0 Å². The highest BCUT2D eigenvalue weighted by molar-refractivity contribution is 6.30. The van der Waals surface area contributed by atoms with Crippen LogP contribution in [0.4, 0.5) is 11.4 Å². The quantitative estimate of drug-likeness (QED) is 0.307. The molecule has 1 aliphatic heterocycles. The molecule has 0 amide bonds. The molecule has 1 heterocycles. The first-order valence-corrected chi connectivity index (χ1v) is 11.6. The Morgan fingerprint density at radius 2 is 0.812 bits per heavy atom. The molecule has 0 aliphatic carbocycles. The van der Waals surface area contributed by atoms with E-state index in [4.69, 9.17) is 23.2 Å². The van der Waals surface area contributed by atoms with Gasteiger partial charge in [0.1, 0.15) is 0 Å². The summed E-state index contributed by atoms with van der Waals surface area (Å²) in [4.78, 5) is 5.02. The van der Waals surface area contributed by atoms with Gasteiger partial charge in [-0.05, 0) is 59.7 Å². The minimum atomic E-state index is 0.202. The number of benzene rings is 4. The second kappa shape index (κ2) is 9.28. The van der Waals surface area contributed by atoms with E-state index < -0.39 is 0 Å². The Morgan fingerprint density at radius 3 is 1.16 bits per heavy atom. The number of anilines is 2. The van der Waals surface area contributed by atoms with Gasteiger partial charge >= 0.3 is 0 Å². The zero-order valence-corrected chi connectivity index (χ0v) is 19.1. The summed E-state index contributed by atoms with van der Waals surface area (Å²) in [6.45, 7) is 1.71. The Labute approximate surface area is 199 Å². The summed E-state index contributed by atoms with van der Waals surface area (Å²) in [6.07, 6.45) is 0. The lowest BCUT2D eigenvalue weighted by Gasteiger charge is -2.49. The minimum absolute atomic E-state index is 0.202. The first kappa shape index (κ1) is 20.9. The summed E-state index contributed by atoms with van der Waals surface area (Å²) in [5, 5.41) is 1.51.